The van der Waals surface area contributed by atoms with Crippen LogP contribution in [0.5, 0.6) is 5.75 Å². The first-order valence-corrected chi connectivity index (χ1v) is 10.3. The first-order chi connectivity index (χ1) is 12.6. The van der Waals surface area contributed by atoms with E-state index in [-0.39, 0.29) is 0 Å². The van der Waals surface area contributed by atoms with E-state index in [0.717, 1.165) is 67.9 Å². The predicted octanol–water partition coefficient (Wildman–Crippen LogP) is 2.61. The second kappa shape index (κ2) is 7.00. The van der Waals surface area contributed by atoms with Gasteiger partial charge in [0.15, 0.2) is 0 Å². The Bertz CT molecular complexity index is 869. The Hall–Kier alpha value is -1.93. The molecule has 0 unspecified atom stereocenters. The summed E-state index contributed by atoms with van der Waals surface area (Å²) in [5.74, 6) is 2.13. The van der Waals surface area contributed by atoms with Crippen molar-refractivity contribution in [1.29, 1.82) is 4.78 Å². The van der Waals surface area contributed by atoms with E-state index in [1.165, 1.54) is 0 Å². The predicted molar refractivity (Wildman–Crippen MR) is 102 cm³/mol. The maximum atomic E-state index is 11.2. The average Bonchev–Trinajstić information content (AvgIpc) is 3.03. The van der Waals surface area contributed by atoms with Gasteiger partial charge in [0.1, 0.15) is 23.4 Å². The van der Waals surface area contributed by atoms with Gasteiger partial charge in [-0.1, -0.05) is 6.07 Å². The third-order valence-corrected chi connectivity index (χ3v) is 6.37. The summed E-state index contributed by atoms with van der Waals surface area (Å²) < 4.78 is 23.9. The Labute approximate surface area is 155 Å². The van der Waals surface area contributed by atoms with Crippen molar-refractivity contribution in [2.24, 2.45) is 5.41 Å². The lowest BCUT2D eigenvalue weighted by molar-refractivity contribution is 0.219. The number of hydrogen-bond donors (Lipinski definition) is 1. The van der Waals surface area contributed by atoms with Crippen molar-refractivity contribution >= 4 is 27.3 Å². The van der Waals surface area contributed by atoms with Gasteiger partial charge >= 0.3 is 0 Å². The molecule has 0 aliphatic carbocycles. The summed E-state index contributed by atoms with van der Waals surface area (Å²) in [7, 11) is 0.168. The highest BCUT2D eigenvalue weighted by molar-refractivity contribution is 7.73. The van der Waals surface area contributed by atoms with E-state index < -0.39 is 10.6 Å². The fourth-order valence-electron chi connectivity index (χ4n) is 4.37. The molecule has 1 aromatic heterocycles. The zero-order valence-corrected chi connectivity index (χ0v) is 15.8. The van der Waals surface area contributed by atoms with Crippen LogP contribution in [0.15, 0.2) is 24.5 Å². The summed E-state index contributed by atoms with van der Waals surface area (Å²) in [6.07, 6.45) is 4.95. The number of nitrogens with one attached hydrogen (secondary N) is 1. The molecule has 0 saturated carbocycles. The summed E-state index contributed by atoms with van der Waals surface area (Å²) in [4.78, 5) is 13.5. The molecule has 2 fully saturated rings. The highest BCUT2D eigenvalue weighted by Crippen LogP contribution is 2.42. The van der Waals surface area contributed by atoms with Crippen molar-refractivity contribution in [3.63, 3.8) is 0 Å². The van der Waals surface area contributed by atoms with Crippen LogP contribution in [-0.2, 0) is 14.8 Å². The van der Waals surface area contributed by atoms with Crippen LogP contribution in [0.1, 0.15) is 19.3 Å². The number of rotatable bonds is 4. The molecular weight excluding hydrogens is 350 g/mol. The Morgan fingerprint density at radius 2 is 2.00 bits per heavy atom. The van der Waals surface area contributed by atoms with Crippen LogP contribution in [0.2, 0.25) is 0 Å². The number of benzene rings is 1. The SMILES string of the molecule is COc1cccc2c(N3CCC4(CCN(C[S-](=N)=O)C4)CC3)ncnc12. The van der Waals surface area contributed by atoms with Crippen LogP contribution in [-0.4, -0.2) is 54.0 Å². The molecule has 4 rings (SSSR count). The minimum Gasteiger partial charge on any atom is -0.494 e. The molecule has 0 atom stereocenters. The van der Waals surface area contributed by atoms with Gasteiger partial charge in [0.2, 0.25) is 0 Å². The monoisotopic (exact) mass is 374 g/mol. The minimum atomic E-state index is -1.50. The molecule has 2 aromatic rings. The highest BCUT2D eigenvalue weighted by Gasteiger charge is 2.40. The number of para-hydroxylation sites is 1. The van der Waals surface area contributed by atoms with Crippen LogP contribution in [0.3, 0.4) is 0 Å². The summed E-state index contributed by atoms with van der Waals surface area (Å²) in [5, 5.41) is 1.03. The third kappa shape index (κ3) is 3.23. The smallest absolute Gasteiger partial charge is 0.145 e. The zero-order chi connectivity index (χ0) is 18.1. The molecule has 26 heavy (non-hydrogen) atoms. The van der Waals surface area contributed by atoms with E-state index >= 15 is 0 Å². The molecule has 0 bridgehead atoms. The second-order valence-corrected chi connectivity index (χ2v) is 8.27. The van der Waals surface area contributed by atoms with Crippen molar-refractivity contribution < 1.29 is 8.95 Å². The van der Waals surface area contributed by atoms with Crippen LogP contribution >= 0.6 is 0 Å². The number of hydrogen-bond acceptors (Lipinski definition) is 8. The number of ether oxygens (including phenoxy) is 1. The van der Waals surface area contributed by atoms with Crippen molar-refractivity contribution in [1.82, 2.24) is 14.9 Å². The standard InChI is InChI=1S/C18H24N5O2S/c1-25-15-4-2-3-14-16(15)20-12-21-17(14)23-9-6-18(7-10-23)5-8-22(11-18)13-26(19)24/h2-4,12,19H,5-11,13H2,1H3/q-1. The summed E-state index contributed by atoms with van der Waals surface area (Å²) in [5.41, 5.74) is 1.15. The highest BCUT2D eigenvalue weighted by atomic mass is 32.2. The molecule has 1 spiro atoms. The molecule has 8 heteroatoms. The molecule has 7 nitrogen and oxygen atoms in total. The van der Waals surface area contributed by atoms with Gasteiger partial charge in [-0.15, -0.1) is 0 Å². The van der Waals surface area contributed by atoms with E-state index in [9.17, 15) is 4.21 Å². The number of anilines is 1. The van der Waals surface area contributed by atoms with Gasteiger partial charge in [0.05, 0.1) is 7.11 Å². The molecule has 2 aliphatic rings. The molecular formula is C18H24N5O2S-. The summed E-state index contributed by atoms with van der Waals surface area (Å²) >= 11 is 0. The number of aromatic nitrogens is 2. The van der Waals surface area contributed by atoms with Gasteiger partial charge in [-0.25, -0.2) is 9.97 Å². The molecule has 0 amide bonds. The fourth-order valence-corrected chi connectivity index (χ4v) is 4.92. The maximum absolute atomic E-state index is 11.2. The van der Waals surface area contributed by atoms with Gasteiger partial charge < -0.3 is 23.5 Å². The van der Waals surface area contributed by atoms with Gasteiger partial charge in [-0.05, 0) is 49.2 Å². The Kier molecular flexibility index (Phi) is 4.71. The van der Waals surface area contributed by atoms with Crippen molar-refractivity contribution in [2.75, 3.05) is 44.1 Å². The summed E-state index contributed by atoms with van der Waals surface area (Å²) in [6, 6.07) is 5.96. The number of piperidine rings is 1. The molecule has 1 N–H and O–H groups in total. The third-order valence-electron chi connectivity index (χ3n) is 5.77. The Morgan fingerprint density at radius 3 is 2.73 bits per heavy atom. The summed E-state index contributed by atoms with van der Waals surface area (Å²) in [6.45, 7) is 3.84. The average molecular weight is 374 g/mol. The lowest BCUT2D eigenvalue weighted by atomic mass is 9.78. The first kappa shape index (κ1) is 17.5. The van der Waals surface area contributed by atoms with Crippen molar-refractivity contribution in [3.8, 4) is 5.75 Å². The van der Waals surface area contributed by atoms with Crippen LogP contribution in [0, 0.1) is 10.2 Å². The fraction of sp³-hybridized carbons (Fsp3) is 0.556. The van der Waals surface area contributed by atoms with E-state index in [0.29, 0.717) is 11.3 Å². The van der Waals surface area contributed by atoms with Crippen LogP contribution in [0.25, 0.3) is 10.9 Å². The van der Waals surface area contributed by atoms with E-state index in [1.54, 1.807) is 13.4 Å². The number of likely N-dealkylation sites (tertiary alicyclic amines) is 1. The maximum Gasteiger partial charge on any atom is 0.145 e. The minimum absolute atomic E-state index is 0.302. The van der Waals surface area contributed by atoms with Crippen molar-refractivity contribution in [3.05, 3.63) is 24.5 Å². The molecule has 3 heterocycles. The topological polar surface area (TPSA) is 82.4 Å². The first-order valence-electron chi connectivity index (χ1n) is 8.95. The zero-order valence-electron chi connectivity index (χ0n) is 15.0. The molecule has 0 radical (unpaired) electrons. The lowest BCUT2D eigenvalue weighted by Gasteiger charge is -2.40. The second-order valence-electron chi connectivity index (χ2n) is 7.32. The van der Waals surface area contributed by atoms with Gasteiger partial charge in [-0.2, -0.15) is 10.6 Å². The van der Waals surface area contributed by atoms with Gasteiger partial charge in [0.25, 0.3) is 0 Å². The van der Waals surface area contributed by atoms with Gasteiger partial charge in [-0.3, -0.25) is 0 Å². The Balaban J connectivity index is 1.52. The lowest BCUT2D eigenvalue weighted by Crippen LogP contribution is -2.42. The van der Waals surface area contributed by atoms with Crippen LogP contribution in [0.4, 0.5) is 5.82 Å². The number of fused-ring (bicyclic) bond motifs is 1. The van der Waals surface area contributed by atoms with E-state index in [2.05, 4.69) is 25.8 Å². The Morgan fingerprint density at radius 1 is 1.23 bits per heavy atom. The number of methoxy groups -OCH3 is 1. The van der Waals surface area contributed by atoms with Crippen molar-refractivity contribution in [2.45, 2.75) is 19.3 Å². The normalized spacial score (nSPS) is 20.3. The van der Waals surface area contributed by atoms with E-state index in [4.69, 9.17) is 9.52 Å². The van der Waals surface area contributed by atoms with E-state index in [1.807, 2.05) is 12.1 Å². The largest absolute Gasteiger partial charge is 0.494 e. The molecule has 140 valence electrons. The van der Waals surface area contributed by atoms with Crippen LogP contribution < -0.4 is 9.64 Å². The molecule has 2 saturated heterocycles. The molecule has 2 aliphatic heterocycles. The van der Waals surface area contributed by atoms with Gasteiger partial charge in [0, 0.05) is 25.0 Å². The quantitative estimate of drug-likeness (QED) is 0.829. The number of nitrogens with zero attached hydrogens (tertiary/aromatic N) is 4. The molecule has 1 aromatic carbocycles.